The van der Waals surface area contributed by atoms with Crippen molar-refractivity contribution in [3.63, 3.8) is 0 Å². The highest BCUT2D eigenvalue weighted by atomic mass is 15.4. The van der Waals surface area contributed by atoms with E-state index in [9.17, 15) is 0 Å². The maximum atomic E-state index is 5.48. The van der Waals surface area contributed by atoms with Gasteiger partial charge in [-0.25, -0.2) is 9.67 Å². The SMILES string of the molecule is CC(C)n1cncc1Cn1cc(CCN)nn1. The van der Waals surface area contributed by atoms with Crippen LogP contribution in [-0.4, -0.2) is 31.1 Å². The van der Waals surface area contributed by atoms with Crippen molar-refractivity contribution in [1.82, 2.24) is 24.5 Å². The smallest absolute Gasteiger partial charge is 0.0951 e. The fourth-order valence-corrected chi connectivity index (χ4v) is 1.76. The molecule has 92 valence electrons. The van der Waals surface area contributed by atoms with Crippen LogP contribution < -0.4 is 5.73 Å². The minimum Gasteiger partial charge on any atom is -0.330 e. The van der Waals surface area contributed by atoms with E-state index in [4.69, 9.17) is 5.73 Å². The van der Waals surface area contributed by atoms with E-state index in [1.54, 1.807) is 0 Å². The van der Waals surface area contributed by atoms with Crippen molar-refractivity contribution in [1.29, 1.82) is 0 Å². The van der Waals surface area contributed by atoms with Crippen molar-refractivity contribution in [3.05, 3.63) is 30.1 Å². The molecule has 0 aromatic carbocycles. The minimum atomic E-state index is 0.402. The van der Waals surface area contributed by atoms with Gasteiger partial charge in [0.25, 0.3) is 0 Å². The molecule has 0 aliphatic rings. The molecule has 0 amide bonds. The van der Waals surface area contributed by atoms with Gasteiger partial charge in [-0.2, -0.15) is 0 Å². The summed E-state index contributed by atoms with van der Waals surface area (Å²) < 4.78 is 3.95. The van der Waals surface area contributed by atoms with E-state index < -0.39 is 0 Å². The molecule has 0 radical (unpaired) electrons. The van der Waals surface area contributed by atoms with Crippen molar-refractivity contribution in [3.8, 4) is 0 Å². The first kappa shape index (κ1) is 11.8. The Kier molecular flexibility index (Phi) is 3.53. The number of hydrogen-bond donors (Lipinski definition) is 1. The van der Waals surface area contributed by atoms with Crippen LogP contribution in [0.4, 0.5) is 0 Å². The first-order chi connectivity index (χ1) is 8.20. The van der Waals surface area contributed by atoms with Gasteiger partial charge in [-0.15, -0.1) is 5.10 Å². The van der Waals surface area contributed by atoms with Gasteiger partial charge < -0.3 is 10.3 Å². The lowest BCUT2D eigenvalue weighted by Crippen LogP contribution is -2.09. The molecular weight excluding hydrogens is 216 g/mol. The highest BCUT2D eigenvalue weighted by molar-refractivity contribution is 5.02. The number of nitrogens with two attached hydrogens (primary N) is 1. The molecule has 6 heteroatoms. The number of rotatable bonds is 5. The molecule has 0 bridgehead atoms. The maximum Gasteiger partial charge on any atom is 0.0951 e. The van der Waals surface area contributed by atoms with Gasteiger partial charge in [-0.1, -0.05) is 5.21 Å². The Morgan fingerprint density at radius 1 is 1.41 bits per heavy atom. The standard InChI is InChI=1S/C11H18N6/c1-9(2)17-8-13-5-11(17)7-16-6-10(3-4-12)14-15-16/h5-6,8-9H,3-4,7,12H2,1-2H3. The summed E-state index contributed by atoms with van der Waals surface area (Å²) in [5.41, 5.74) is 7.54. The molecule has 0 aliphatic heterocycles. The fourth-order valence-electron chi connectivity index (χ4n) is 1.76. The molecule has 2 rings (SSSR count). The van der Waals surface area contributed by atoms with E-state index >= 15 is 0 Å². The van der Waals surface area contributed by atoms with E-state index in [0.29, 0.717) is 19.1 Å². The summed E-state index contributed by atoms with van der Waals surface area (Å²) in [4.78, 5) is 4.16. The first-order valence-electron chi connectivity index (χ1n) is 5.80. The Morgan fingerprint density at radius 3 is 2.94 bits per heavy atom. The molecule has 0 saturated carbocycles. The molecule has 2 N–H and O–H groups in total. The number of nitrogens with zero attached hydrogens (tertiary/aromatic N) is 5. The monoisotopic (exact) mass is 234 g/mol. The normalized spacial score (nSPS) is 11.3. The Bertz CT molecular complexity index is 470. The van der Waals surface area contributed by atoms with Crippen LogP contribution in [0.2, 0.25) is 0 Å². The van der Waals surface area contributed by atoms with E-state index in [2.05, 4.69) is 33.7 Å². The zero-order valence-corrected chi connectivity index (χ0v) is 10.2. The van der Waals surface area contributed by atoms with Gasteiger partial charge in [0.2, 0.25) is 0 Å². The molecule has 0 atom stereocenters. The van der Waals surface area contributed by atoms with E-state index in [1.807, 2.05) is 23.4 Å². The molecular formula is C11H18N6. The summed E-state index contributed by atoms with van der Waals surface area (Å²) in [6.45, 7) is 5.55. The first-order valence-corrected chi connectivity index (χ1v) is 5.80. The van der Waals surface area contributed by atoms with E-state index in [0.717, 1.165) is 17.8 Å². The molecule has 0 aliphatic carbocycles. The van der Waals surface area contributed by atoms with Crippen LogP contribution in [0.1, 0.15) is 31.3 Å². The van der Waals surface area contributed by atoms with E-state index in [1.165, 1.54) is 0 Å². The second kappa shape index (κ2) is 5.09. The van der Waals surface area contributed by atoms with Crippen molar-refractivity contribution in [2.24, 2.45) is 5.73 Å². The zero-order chi connectivity index (χ0) is 12.3. The lowest BCUT2D eigenvalue weighted by Gasteiger charge is -2.11. The molecule has 0 saturated heterocycles. The van der Waals surface area contributed by atoms with Gasteiger partial charge in [0.15, 0.2) is 0 Å². The Morgan fingerprint density at radius 2 is 2.24 bits per heavy atom. The lowest BCUT2D eigenvalue weighted by atomic mass is 10.3. The van der Waals surface area contributed by atoms with Gasteiger partial charge >= 0.3 is 0 Å². The Labute approximate surface area is 100 Å². The summed E-state index contributed by atoms with van der Waals surface area (Å²) in [5.74, 6) is 0. The minimum absolute atomic E-state index is 0.402. The van der Waals surface area contributed by atoms with Gasteiger partial charge in [0.1, 0.15) is 0 Å². The third-order valence-corrected chi connectivity index (χ3v) is 2.61. The highest BCUT2D eigenvalue weighted by Gasteiger charge is 2.07. The van der Waals surface area contributed by atoms with Crippen LogP contribution in [0, 0.1) is 0 Å². The fraction of sp³-hybridized carbons (Fsp3) is 0.545. The van der Waals surface area contributed by atoms with Crippen molar-refractivity contribution in [2.45, 2.75) is 32.9 Å². The highest BCUT2D eigenvalue weighted by Crippen LogP contribution is 2.10. The molecule has 6 nitrogen and oxygen atoms in total. The van der Waals surface area contributed by atoms with Crippen molar-refractivity contribution < 1.29 is 0 Å². The van der Waals surface area contributed by atoms with Gasteiger partial charge in [-0.3, -0.25) is 0 Å². The van der Waals surface area contributed by atoms with E-state index in [-0.39, 0.29) is 0 Å². The average Bonchev–Trinajstić information content (AvgIpc) is 2.89. The van der Waals surface area contributed by atoms with Crippen molar-refractivity contribution in [2.75, 3.05) is 6.54 Å². The van der Waals surface area contributed by atoms with Crippen LogP contribution in [0.5, 0.6) is 0 Å². The number of imidazole rings is 1. The molecule has 2 aromatic heterocycles. The summed E-state index contributed by atoms with van der Waals surface area (Å²) in [5, 5.41) is 8.14. The Hall–Kier alpha value is -1.69. The van der Waals surface area contributed by atoms with Crippen LogP contribution in [-0.2, 0) is 13.0 Å². The van der Waals surface area contributed by atoms with Crippen LogP contribution >= 0.6 is 0 Å². The summed E-state index contributed by atoms with van der Waals surface area (Å²) >= 11 is 0. The number of hydrogen-bond acceptors (Lipinski definition) is 4. The summed E-state index contributed by atoms with van der Waals surface area (Å²) in [7, 11) is 0. The molecule has 0 spiro atoms. The van der Waals surface area contributed by atoms with Crippen molar-refractivity contribution >= 4 is 0 Å². The van der Waals surface area contributed by atoms with Crippen LogP contribution in [0.25, 0.3) is 0 Å². The predicted octanol–water partition coefficient (Wildman–Crippen LogP) is 0.605. The third kappa shape index (κ3) is 2.71. The van der Waals surface area contributed by atoms with Gasteiger partial charge in [0, 0.05) is 18.7 Å². The lowest BCUT2D eigenvalue weighted by molar-refractivity contribution is 0.541. The summed E-state index contributed by atoms with van der Waals surface area (Å²) in [6, 6.07) is 0.402. The maximum absolute atomic E-state index is 5.48. The van der Waals surface area contributed by atoms with Crippen LogP contribution in [0.15, 0.2) is 18.7 Å². The molecule has 0 unspecified atom stereocenters. The largest absolute Gasteiger partial charge is 0.330 e. The molecule has 2 aromatic rings. The van der Waals surface area contributed by atoms with Gasteiger partial charge in [-0.05, 0) is 20.4 Å². The Balaban J connectivity index is 2.11. The predicted molar refractivity (Wildman–Crippen MR) is 64.5 cm³/mol. The second-order valence-electron chi connectivity index (χ2n) is 4.33. The second-order valence-corrected chi connectivity index (χ2v) is 4.33. The molecule has 2 heterocycles. The zero-order valence-electron chi connectivity index (χ0n) is 10.2. The number of aromatic nitrogens is 5. The average molecular weight is 234 g/mol. The third-order valence-electron chi connectivity index (χ3n) is 2.61. The topological polar surface area (TPSA) is 74.5 Å². The summed E-state index contributed by atoms with van der Waals surface area (Å²) in [6.07, 6.45) is 6.41. The van der Waals surface area contributed by atoms with Gasteiger partial charge in [0.05, 0.1) is 30.5 Å². The quantitative estimate of drug-likeness (QED) is 0.822. The molecule has 17 heavy (non-hydrogen) atoms. The molecule has 0 fully saturated rings. The van der Waals surface area contributed by atoms with Crippen LogP contribution in [0.3, 0.4) is 0 Å².